The molecule has 134 valence electrons. The van der Waals surface area contributed by atoms with Crippen LogP contribution in [0.3, 0.4) is 0 Å². The molecule has 26 heavy (non-hydrogen) atoms. The first-order valence-electron chi connectivity index (χ1n) is 8.41. The highest BCUT2D eigenvalue weighted by molar-refractivity contribution is 8.00. The van der Waals surface area contributed by atoms with Crippen LogP contribution in [-0.4, -0.2) is 27.5 Å². The molecule has 0 aliphatic heterocycles. The molecular weight excluding hydrogens is 366 g/mol. The predicted octanol–water partition coefficient (Wildman–Crippen LogP) is 4.37. The summed E-state index contributed by atoms with van der Waals surface area (Å²) in [5.74, 6) is 0.0399. The van der Waals surface area contributed by atoms with Crippen molar-refractivity contribution in [2.45, 2.75) is 23.5 Å². The molecule has 6 heteroatoms. The van der Waals surface area contributed by atoms with Crippen molar-refractivity contribution in [2.24, 2.45) is 0 Å². The fourth-order valence-electron chi connectivity index (χ4n) is 2.48. The van der Waals surface area contributed by atoms with E-state index in [0.29, 0.717) is 11.6 Å². The van der Waals surface area contributed by atoms with E-state index in [2.05, 4.69) is 22.5 Å². The highest BCUT2D eigenvalue weighted by atomic mass is 35.5. The SMILES string of the molecule is CC(Sc1ccc(Cl)cc1)C(=O)NCCc1ccc(-n2cccn2)cc1. The largest absolute Gasteiger partial charge is 0.355 e. The Hall–Kier alpha value is -2.24. The van der Waals surface area contributed by atoms with Crippen molar-refractivity contribution in [1.29, 1.82) is 0 Å². The van der Waals surface area contributed by atoms with Gasteiger partial charge in [-0.15, -0.1) is 11.8 Å². The fourth-order valence-corrected chi connectivity index (χ4v) is 3.50. The number of thioether (sulfide) groups is 1. The quantitative estimate of drug-likeness (QED) is 0.614. The molecule has 0 spiro atoms. The van der Waals surface area contributed by atoms with Gasteiger partial charge in [-0.25, -0.2) is 4.68 Å². The minimum absolute atomic E-state index is 0.0399. The molecular formula is C20H20ClN3OS. The topological polar surface area (TPSA) is 46.9 Å². The molecule has 0 bridgehead atoms. The van der Waals surface area contributed by atoms with E-state index in [1.54, 1.807) is 6.20 Å². The maximum Gasteiger partial charge on any atom is 0.233 e. The Morgan fingerprint density at radius 3 is 2.58 bits per heavy atom. The Morgan fingerprint density at radius 2 is 1.92 bits per heavy atom. The third-order valence-corrected chi connectivity index (χ3v) is 5.28. The number of nitrogens with one attached hydrogen (secondary N) is 1. The average Bonchev–Trinajstić information content (AvgIpc) is 3.19. The third-order valence-electron chi connectivity index (χ3n) is 3.91. The van der Waals surface area contributed by atoms with Crippen LogP contribution in [0, 0.1) is 0 Å². The number of carbonyl (C=O) groups excluding carboxylic acids is 1. The van der Waals surface area contributed by atoms with Crippen molar-refractivity contribution in [1.82, 2.24) is 15.1 Å². The van der Waals surface area contributed by atoms with Gasteiger partial charge < -0.3 is 5.32 Å². The summed E-state index contributed by atoms with van der Waals surface area (Å²) in [6.07, 6.45) is 4.46. The van der Waals surface area contributed by atoms with Gasteiger partial charge in [0.05, 0.1) is 10.9 Å². The van der Waals surface area contributed by atoms with E-state index in [1.807, 2.05) is 60.3 Å². The Morgan fingerprint density at radius 1 is 1.19 bits per heavy atom. The maximum atomic E-state index is 12.2. The van der Waals surface area contributed by atoms with Crippen LogP contribution in [0.1, 0.15) is 12.5 Å². The van der Waals surface area contributed by atoms with E-state index in [1.165, 1.54) is 17.3 Å². The predicted molar refractivity (Wildman–Crippen MR) is 107 cm³/mol. The van der Waals surface area contributed by atoms with Crippen LogP contribution in [-0.2, 0) is 11.2 Å². The molecule has 3 aromatic rings. The van der Waals surface area contributed by atoms with Crippen molar-refractivity contribution in [2.75, 3.05) is 6.54 Å². The number of hydrogen-bond donors (Lipinski definition) is 1. The highest BCUT2D eigenvalue weighted by Gasteiger charge is 2.13. The smallest absolute Gasteiger partial charge is 0.233 e. The highest BCUT2D eigenvalue weighted by Crippen LogP contribution is 2.24. The van der Waals surface area contributed by atoms with E-state index < -0.39 is 0 Å². The lowest BCUT2D eigenvalue weighted by atomic mass is 10.1. The summed E-state index contributed by atoms with van der Waals surface area (Å²) in [6, 6.07) is 17.6. The maximum absolute atomic E-state index is 12.2. The minimum atomic E-state index is -0.154. The van der Waals surface area contributed by atoms with Gasteiger partial charge in [-0.1, -0.05) is 23.7 Å². The summed E-state index contributed by atoms with van der Waals surface area (Å²) >= 11 is 7.41. The zero-order valence-corrected chi connectivity index (χ0v) is 16.0. The Balaban J connectivity index is 1.45. The Kier molecular flexibility index (Phi) is 6.36. The van der Waals surface area contributed by atoms with Crippen LogP contribution in [0.2, 0.25) is 5.02 Å². The Labute approximate surface area is 162 Å². The van der Waals surface area contributed by atoms with Gasteiger partial charge in [0.25, 0.3) is 0 Å². The first kappa shape index (κ1) is 18.5. The second kappa shape index (κ2) is 8.92. The van der Waals surface area contributed by atoms with Crippen LogP contribution in [0.25, 0.3) is 5.69 Å². The molecule has 1 unspecified atom stereocenters. The monoisotopic (exact) mass is 385 g/mol. The second-order valence-corrected chi connectivity index (χ2v) is 7.72. The van der Waals surface area contributed by atoms with E-state index in [-0.39, 0.29) is 11.2 Å². The van der Waals surface area contributed by atoms with Crippen molar-refractivity contribution >= 4 is 29.3 Å². The number of halogens is 1. The van der Waals surface area contributed by atoms with E-state index in [9.17, 15) is 4.79 Å². The van der Waals surface area contributed by atoms with Crippen LogP contribution >= 0.6 is 23.4 Å². The van der Waals surface area contributed by atoms with E-state index in [4.69, 9.17) is 11.6 Å². The third kappa shape index (κ3) is 5.13. The molecule has 0 saturated carbocycles. The van der Waals surface area contributed by atoms with Gasteiger partial charge in [0.2, 0.25) is 5.91 Å². The van der Waals surface area contributed by atoms with Gasteiger partial charge in [0.15, 0.2) is 0 Å². The molecule has 0 radical (unpaired) electrons. The van der Waals surface area contributed by atoms with Crippen molar-refractivity contribution in [3.8, 4) is 5.69 Å². The molecule has 2 aromatic carbocycles. The fraction of sp³-hybridized carbons (Fsp3) is 0.200. The van der Waals surface area contributed by atoms with Gasteiger partial charge in [-0.2, -0.15) is 5.10 Å². The summed E-state index contributed by atoms with van der Waals surface area (Å²) in [4.78, 5) is 13.3. The summed E-state index contributed by atoms with van der Waals surface area (Å²) in [6.45, 7) is 2.53. The molecule has 3 rings (SSSR count). The number of aromatic nitrogens is 2. The molecule has 0 saturated heterocycles. The molecule has 1 atom stereocenters. The number of amides is 1. The Bertz CT molecular complexity index is 833. The lowest BCUT2D eigenvalue weighted by Gasteiger charge is -2.12. The first-order chi connectivity index (χ1) is 12.6. The zero-order chi connectivity index (χ0) is 18.4. The first-order valence-corrected chi connectivity index (χ1v) is 9.66. The number of nitrogens with zero attached hydrogens (tertiary/aromatic N) is 2. The standard InChI is InChI=1S/C20H20ClN3OS/c1-15(26-19-9-5-17(21)6-10-19)20(25)22-13-11-16-3-7-18(8-4-16)24-14-2-12-23-24/h2-10,12,14-15H,11,13H2,1H3,(H,22,25). The zero-order valence-electron chi connectivity index (χ0n) is 14.4. The molecule has 0 aliphatic carbocycles. The number of benzene rings is 2. The van der Waals surface area contributed by atoms with Gasteiger partial charge in [-0.05, 0) is 61.4 Å². The molecule has 0 aliphatic rings. The van der Waals surface area contributed by atoms with Crippen molar-refractivity contribution in [3.63, 3.8) is 0 Å². The van der Waals surface area contributed by atoms with Gasteiger partial charge >= 0.3 is 0 Å². The van der Waals surface area contributed by atoms with Gasteiger partial charge in [-0.3, -0.25) is 4.79 Å². The van der Waals surface area contributed by atoms with Crippen LogP contribution in [0.15, 0.2) is 71.9 Å². The van der Waals surface area contributed by atoms with Crippen molar-refractivity contribution < 1.29 is 4.79 Å². The summed E-state index contributed by atoms with van der Waals surface area (Å²) < 4.78 is 1.82. The summed E-state index contributed by atoms with van der Waals surface area (Å²) in [5, 5.41) is 7.76. The second-order valence-electron chi connectivity index (χ2n) is 5.87. The lowest BCUT2D eigenvalue weighted by molar-refractivity contribution is -0.120. The number of rotatable bonds is 7. The lowest BCUT2D eigenvalue weighted by Crippen LogP contribution is -2.32. The summed E-state index contributed by atoms with van der Waals surface area (Å²) in [7, 11) is 0. The van der Waals surface area contributed by atoms with Gasteiger partial charge in [0, 0.05) is 28.9 Å². The van der Waals surface area contributed by atoms with Gasteiger partial charge in [0.1, 0.15) is 0 Å². The molecule has 0 fully saturated rings. The molecule has 1 heterocycles. The molecule has 4 nitrogen and oxygen atoms in total. The van der Waals surface area contributed by atoms with Crippen molar-refractivity contribution in [3.05, 3.63) is 77.6 Å². The number of hydrogen-bond acceptors (Lipinski definition) is 3. The molecule has 1 amide bonds. The minimum Gasteiger partial charge on any atom is -0.355 e. The van der Waals surface area contributed by atoms with Crippen LogP contribution < -0.4 is 5.32 Å². The average molecular weight is 386 g/mol. The normalized spacial score (nSPS) is 11.9. The number of carbonyl (C=O) groups is 1. The summed E-state index contributed by atoms with van der Waals surface area (Å²) in [5.41, 5.74) is 2.20. The van der Waals surface area contributed by atoms with E-state index in [0.717, 1.165) is 17.0 Å². The van der Waals surface area contributed by atoms with Crippen LogP contribution in [0.5, 0.6) is 0 Å². The van der Waals surface area contributed by atoms with E-state index >= 15 is 0 Å². The molecule has 1 aromatic heterocycles. The molecule has 1 N–H and O–H groups in total. The van der Waals surface area contributed by atoms with Crippen LogP contribution in [0.4, 0.5) is 0 Å².